The van der Waals surface area contributed by atoms with Gasteiger partial charge in [-0.25, -0.2) is 9.78 Å². The van der Waals surface area contributed by atoms with E-state index in [2.05, 4.69) is 15.2 Å². The number of nitrogens with zero attached hydrogens (tertiary/aromatic N) is 4. The van der Waals surface area contributed by atoms with E-state index in [1.165, 1.54) is 4.90 Å². The first kappa shape index (κ1) is 21.5. The number of carbonyl (C=O) groups excluding carboxylic acids is 3. The van der Waals surface area contributed by atoms with Crippen LogP contribution >= 0.6 is 0 Å². The zero-order valence-electron chi connectivity index (χ0n) is 18.3. The van der Waals surface area contributed by atoms with Gasteiger partial charge in [0, 0.05) is 32.9 Å². The minimum Gasteiger partial charge on any atom is -0.375 e. The lowest BCUT2D eigenvalue weighted by Gasteiger charge is -2.35. The molecule has 0 bridgehead atoms. The van der Waals surface area contributed by atoms with Crippen molar-refractivity contribution < 1.29 is 19.1 Å². The number of likely N-dealkylation sites (N-methyl/N-ethyl adjacent to an activating group) is 1. The van der Waals surface area contributed by atoms with Crippen molar-refractivity contribution in [3.05, 3.63) is 23.9 Å². The normalized spacial score (nSPS) is 23.5. The third-order valence-corrected chi connectivity index (χ3v) is 6.65. The van der Waals surface area contributed by atoms with Gasteiger partial charge in [0.25, 0.3) is 5.91 Å². The van der Waals surface area contributed by atoms with Gasteiger partial charge in [0.05, 0.1) is 12.7 Å². The highest BCUT2D eigenvalue weighted by molar-refractivity contribution is 6.08. The Morgan fingerprint density at radius 3 is 2.71 bits per heavy atom. The topological polar surface area (TPSA) is 95.1 Å². The lowest BCUT2D eigenvalue weighted by atomic mass is 9.81. The Morgan fingerprint density at radius 1 is 1.26 bits per heavy atom. The first-order chi connectivity index (χ1) is 14.9. The highest BCUT2D eigenvalue weighted by Crippen LogP contribution is 2.39. The summed E-state index contributed by atoms with van der Waals surface area (Å²) in [5, 5.41) is 2.80. The van der Waals surface area contributed by atoms with Crippen LogP contribution in [-0.4, -0.2) is 77.6 Å². The molecule has 1 atom stereocenters. The van der Waals surface area contributed by atoms with Crippen molar-refractivity contribution in [2.75, 3.05) is 38.2 Å². The number of urea groups is 1. The number of ether oxygens (including phenoxy) is 1. The molecule has 9 nitrogen and oxygen atoms in total. The second-order valence-electron chi connectivity index (χ2n) is 8.75. The monoisotopic (exact) mass is 429 g/mol. The molecule has 1 saturated carbocycles. The summed E-state index contributed by atoms with van der Waals surface area (Å²) >= 11 is 0. The highest BCUT2D eigenvalue weighted by atomic mass is 16.5. The van der Waals surface area contributed by atoms with Gasteiger partial charge >= 0.3 is 6.03 Å². The number of aromatic nitrogens is 1. The van der Waals surface area contributed by atoms with Crippen LogP contribution in [0, 0.1) is 0 Å². The number of imide groups is 1. The number of amides is 4. The summed E-state index contributed by atoms with van der Waals surface area (Å²) in [6.07, 6.45) is 6.20. The van der Waals surface area contributed by atoms with Gasteiger partial charge in [0.15, 0.2) is 0 Å². The van der Waals surface area contributed by atoms with Crippen molar-refractivity contribution in [3.63, 3.8) is 0 Å². The van der Waals surface area contributed by atoms with E-state index in [0.29, 0.717) is 26.0 Å². The minimum atomic E-state index is -0.758. The molecule has 2 saturated heterocycles. The summed E-state index contributed by atoms with van der Waals surface area (Å²) in [6.45, 7) is 4.38. The number of pyridine rings is 1. The molecule has 1 aromatic rings. The molecule has 2 aliphatic heterocycles. The van der Waals surface area contributed by atoms with Crippen LogP contribution < -0.4 is 10.2 Å². The van der Waals surface area contributed by atoms with E-state index < -0.39 is 5.54 Å². The third kappa shape index (κ3) is 4.23. The van der Waals surface area contributed by atoms with E-state index in [9.17, 15) is 14.4 Å². The fourth-order valence-electron chi connectivity index (χ4n) is 4.81. The van der Waals surface area contributed by atoms with Crippen LogP contribution in [0.5, 0.6) is 0 Å². The Balaban J connectivity index is 1.31. The predicted molar refractivity (Wildman–Crippen MR) is 114 cm³/mol. The van der Waals surface area contributed by atoms with Crippen molar-refractivity contribution in [1.29, 1.82) is 0 Å². The van der Waals surface area contributed by atoms with Crippen molar-refractivity contribution in [3.8, 4) is 0 Å². The standard InChI is InChI=1S/C22H31N5O4/c1-16-14-26(10-11-31-16)18-7-6-17(12-23-18)13-24-19(28)15-27-20(29)22(25(2)21(27)30)8-4-3-5-9-22/h6-7,12,16H,3-5,8-11,13-15H2,1-2H3,(H,24,28)/t16-/m0/s1. The summed E-state index contributed by atoms with van der Waals surface area (Å²) in [4.78, 5) is 47.4. The van der Waals surface area contributed by atoms with E-state index >= 15 is 0 Å². The van der Waals surface area contributed by atoms with Gasteiger partial charge in [-0.05, 0) is 31.4 Å². The first-order valence-corrected chi connectivity index (χ1v) is 11.1. The van der Waals surface area contributed by atoms with Crippen molar-refractivity contribution in [2.45, 2.75) is 57.2 Å². The van der Waals surface area contributed by atoms with Gasteiger partial charge in [-0.2, -0.15) is 0 Å². The van der Waals surface area contributed by atoms with Gasteiger partial charge in [0.2, 0.25) is 5.91 Å². The number of nitrogens with one attached hydrogen (secondary N) is 1. The van der Waals surface area contributed by atoms with E-state index in [-0.39, 0.29) is 30.5 Å². The molecule has 4 amide bonds. The number of carbonyl (C=O) groups is 3. The summed E-state index contributed by atoms with van der Waals surface area (Å²) in [7, 11) is 1.67. The molecule has 4 rings (SSSR count). The summed E-state index contributed by atoms with van der Waals surface area (Å²) in [5.74, 6) is 0.300. The lowest BCUT2D eigenvalue weighted by Crippen LogP contribution is -2.49. The highest BCUT2D eigenvalue weighted by Gasteiger charge is 2.55. The predicted octanol–water partition coefficient (Wildman–Crippen LogP) is 1.52. The Bertz CT molecular complexity index is 837. The first-order valence-electron chi connectivity index (χ1n) is 11.1. The molecular weight excluding hydrogens is 398 g/mol. The van der Waals surface area contributed by atoms with Crippen molar-refractivity contribution in [2.24, 2.45) is 0 Å². The summed E-state index contributed by atoms with van der Waals surface area (Å²) in [5.41, 5.74) is 0.102. The largest absolute Gasteiger partial charge is 0.375 e. The molecule has 3 aliphatic rings. The molecule has 1 N–H and O–H groups in total. The smallest absolute Gasteiger partial charge is 0.327 e. The number of hydrogen-bond acceptors (Lipinski definition) is 6. The van der Waals surface area contributed by atoms with Gasteiger partial charge in [-0.15, -0.1) is 0 Å². The second-order valence-corrected chi connectivity index (χ2v) is 8.75. The molecule has 0 aromatic carbocycles. The third-order valence-electron chi connectivity index (χ3n) is 6.65. The van der Waals surface area contributed by atoms with Crippen LogP contribution in [0.4, 0.5) is 10.6 Å². The molecule has 1 spiro atoms. The summed E-state index contributed by atoms with van der Waals surface area (Å²) in [6, 6.07) is 3.49. The average Bonchev–Trinajstić information content (AvgIpc) is 2.95. The van der Waals surface area contributed by atoms with Gasteiger partial charge in [-0.3, -0.25) is 14.5 Å². The maximum absolute atomic E-state index is 13.0. The molecule has 31 heavy (non-hydrogen) atoms. The van der Waals surface area contributed by atoms with Crippen LogP contribution in [0.3, 0.4) is 0 Å². The molecule has 0 radical (unpaired) electrons. The number of anilines is 1. The van der Waals surface area contributed by atoms with Crippen LogP contribution in [0.25, 0.3) is 0 Å². The zero-order chi connectivity index (χ0) is 22.0. The van der Waals surface area contributed by atoms with E-state index in [1.54, 1.807) is 13.2 Å². The molecule has 1 aromatic heterocycles. The second kappa shape index (κ2) is 8.82. The van der Waals surface area contributed by atoms with Crippen LogP contribution in [0.1, 0.15) is 44.6 Å². The quantitative estimate of drug-likeness (QED) is 0.713. The molecular formula is C22H31N5O4. The van der Waals surface area contributed by atoms with Gasteiger partial charge in [-0.1, -0.05) is 25.3 Å². The fraction of sp³-hybridized carbons (Fsp3) is 0.636. The van der Waals surface area contributed by atoms with E-state index in [4.69, 9.17) is 4.74 Å². The minimum absolute atomic E-state index is 0.178. The van der Waals surface area contributed by atoms with Gasteiger partial charge < -0.3 is 19.9 Å². The Morgan fingerprint density at radius 2 is 2.03 bits per heavy atom. The van der Waals surface area contributed by atoms with Crippen LogP contribution in [0.2, 0.25) is 0 Å². The molecule has 0 unspecified atom stereocenters. The zero-order valence-corrected chi connectivity index (χ0v) is 18.3. The molecule has 3 fully saturated rings. The van der Waals surface area contributed by atoms with Crippen LogP contribution in [0.15, 0.2) is 18.3 Å². The van der Waals surface area contributed by atoms with Gasteiger partial charge in [0.1, 0.15) is 17.9 Å². The maximum Gasteiger partial charge on any atom is 0.327 e. The number of morpholine rings is 1. The Hall–Kier alpha value is -2.68. The number of rotatable bonds is 5. The van der Waals surface area contributed by atoms with Crippen molar-refractivity contribution in [1.82, 2.24) is 20.1 Å². The Kier molecular flexibility index (Phi) is 6.13. The Labute approximate surface area is 182 Å². The molecule has 1 aliphatic carbocycles. The van der Waals surface area contributed by atoms with Crippen molar-refractivity contribution >= 4 is 23.7 Å². The number of hydrogen-bond donors (Lipinski definition) is 1. The average molecular weight is 430 g/mol. The molecule has 3 heterocycles. The fourth-order valence-corrected chi connectivity index (χ4v) is 4.81. The SMILES string of the molecule is C[C@H]1CN(c2ccc(CNC(=O)CN3C(=O)N(C)C4(CCCCC4)C3=O)cn2)CCO1. The molecule has 9 heteroatoms. The van der Waals surface area contributed by atoms with E-state index in [1.807, 2.05) is 19.1 Å². The maximum atomic E-state index is 13.0. The molecule has 168 valence electrons. The van der Waals surface area contributed by atoms with Crippen LogP contribution in [-0.2, 0) is 20.9 Å². The summed E-state index contributed by atoms with van der Waals surface area (Å²) < 4.78 is 5.56. The van der Waals surface area contributed by atoms with E-state index in [0.717, 1.165) is 48.6 Å². The lowest BCUT2D eigenvalue weighted by molar-refractivity contribution is -0.137.